The van der Waals surface area contributed by atoms with Gasteiger partial charge in [0, 0.05) is 28.5 Å². The van der Waals surface area contributed by atoms with Crippen LogP contribution in [0.5, 0.6) is 0 Å². The number of hydrogen-bond donors (Lipinski definition) is 2. The Morgan fingerprint density at radius 1 is 1.05 bits per heavy atom. The smallest absolute Gasteiger partial charge is 0.408 e. The molecule has 2 aromatic heterocycles. The molecule has 2 heterocycles. The summed E-state index contributed by atoms with van der Waals surface area (Å²) in [6.07, 6.45) is 1.14. The van der Waals surface area contributed by atoms with E-state index in [1.165, 1.54) is 11.8 Å². The summed E-state index contributed by atoms with van der Waals surface area (Å²) in [4.78, 5) is 29.3. The van der Waals surface area contributed by atoms with E-state index in [1.807, 2.05) is 60.8 Å². The highest BCUT2D eigenvalue weighted by Gasteiger charge is 2.24. The van der Waals surface area contributed by atoms with Crippen LogP contribution in [0.2, 0.25) is 0 Å². The van der Waals surface area contributed by atoms with Crippen molar-refractivity contribution in [1.29, 1.82) is 0 Å². The number of nitrogens with one attached hydrogen (secondary N) is 1. The number of fused-ring (bicyclic) bond motifs is 3. The monoisotopic (exact) mass is 560 g/mol. The Labute approximate surface area is 234 Å². The molecule has 0 fully saturated rings. The second kappa shape index (κ2) is 11.1. The number of carboxylic acid groups (broad SMARTS) is 1. The molecule has 39 heavy (non-hydrogen) atoms. The minimum atomic E-state index is -1.09. The second-order valence-electron chi connectivity index (χ2n) is 10.1. The Bertz CT molecular complexity index is 1630. The summed E-state index contributed by atoms with van der Waals surface area (Å²) in [6, 6.07) is 21.3. The van der Waals surface area contributed by atoms with Crippen LogP contribution in [0.3, 0.4) is 0 Å². The molecule has 7 nitrogen and oxygen atoms in total. The molecular weight excluding hydrogens is 532 g/mol. The number of carboxylic acids is 1. The van der Waals surface area contributed by atoms with Crippen molar-refractivity contribution in [2.24, 2.45) is 0 Å². The first-order valence-electron chi connectivity index (χ1n) is 12.4. The second-order valence-corrected chi connectivity index (χ2v) is 12.1. The number of aromatic nitrogens is 1. The maximum Gasteiger partial charge on any atom is 0.408 e. The lowest BCUT2D eigenvalue weighted by molar-refractivity contribution is -0.138. The molecule has 3 aromatic carbocycles. The Morgan fingerprint density at radius 3 is 2.54 bits per heavy atom. The van der Waals surface area contributed by atoms with Crippen molar-refractivity contribution in [3.63, 3.8) is 0 Å². The van der Waals surface area contributed by atoms with Crippen molar-refractivity contribution >= 4 is 57.1 Å². The van der Waals surface area contributed by atoms with E-state index in [1.54, 1.807) is 32.1 Å². The molecule has 2 N–H and O–H groups in total. The number of amides is 1. The Balaban J connectivity index is 1.24. The number of aliphatic carboxylic acids is 1. The zero-order valence-corrected chi connectivity index (χ0v) is 23.4. The Morgan fingerprint density at radius 2 is 1.79 bits per heavy atom. The standard InChI is InChI=1S/C30H28N2O5S2/c1-30(2,3)37-29(35)32-23(28(33)34)17-38-16-18-11-13-19(14-12-18)25-15-31-27(39-25)22-9-6-8-21-20-7-4-5-10-24(20)36-26(21)22/h4-15,23H,16-17H2,1-3H3,(H,32,35)(H,33,34). The van der Waals surface area contributed by atoms with Gasteiger partial charge in [0.2, 0.25) is 0 Å². The van der Waals surface area contributed by atoms with E-state index < -0.39 is 23.7 Å². The lowest BCUT2D eigenvalue weighted by atomic mass is 10.1. The van der Waals surface area contributed by atoms with Crippen LogP contribution in [0, 0.1) is 0 Å². The van der Waals surface area contributed by atoms with E-state index in [2.05, 4.69) is 17.4 Å². The van der Waals surface area contributed by atoms with E-state index in [9.17, 15) is 14.7 Å². The lowest BCUT2D eigenvalue weighted by Crippen LogP contribution is -2.44. The SMILES string of the molecule is CC(C)(C)OC(=O)NC(CSCc1ccc(-c2cnc(-c3cccc4c3oc3ccccc34)s2)cc1)C(=O)O. The van der Waals surface area contributed by atoms with Crippen molar-refractivity contribution in [3.05, 3.63) is 78.5 Å². The first kappa shape index (κ1) is 26.8. The summed E-state index contributed by atoms with van der Waals surface area (Å²) in [5.41, 5.74) is 4.09. The summed E-state index contributed by atoms with van der Waals surface area (Å²) in [5.74, 6) is -0.257. The van der Waals surface area contributed by atoms with Gasteiger partial charge in [-0.3, -0.25) is 0 Å². The maximum absolute atomic E-state index is 12.0. The number of benzene rings is 3. The molecule has 0 aliphatic carbocycles. The van der Waals surface area contributed by atoms with Crippen LogP contribution < -0.4 is 5.32 Å². The van der Waals surface area contributed by atoms with Gasteiger partial charge in [-0.25, -0.2) is 14.6 Å². The van der Waals surface area contributed by atoms with Crippen molar-refractivity contribution in [2.45, 2.75) is 38.2 Å². The molecule has 0 radical (unpaired) electrons. The average molecular weight is 561 g/mol. The molecule has 0 bridgehead atoms. The van der Waals surface area contributed by atoms with Crippen molar-refractivity contribution in [3.8, 4) is 21.0 Å². The molecular formula is C30H28N2O5S2. The van der Waals surface area contributed by atoms with Gasteiger partial charge in [-0.1, -0.05) is 54.6 Å². The van der Waals surface area contributed by atoms with Crippen LogP contribution in [0.25, 0.3) is 43.0 Å². The highest BCUT2D eigenvalue weighted by atomic mass is 32.2. The number of carbonyl (C=O) groups is 2. The number of carbonyl (C=O) groups excluding carboxylic acids is 1. The molecule has 9 heteroatoms. The van der Waals surface area contributed by atoms with E-state index >= 15 is 0 Å². The number of hydrogen-bond acceptors (Lipinski definition) is 7. The van der Waals surface area contributed by atoms with Crippen LogP contribution in [-0.2, 0) is 15.3 Å². The van der Waals surface area contributed by atoms with Crippen LogP contribution >= 0.6 is 23.1 Å². The Kier molecular flexibility index (Phi) is 7.63. The van der Waals surface area contributed by atoms with Crippen LogP contribution in [-0.4, -0.2) is 39.5 Å². The van der Waals surface area contributed by atoms with E-state index in [-0.39, 0.29) is 5.75 Å². The normalized spacial score (nSPS) is 12.5. The van der Waals surface area contributed by atoms with Gasteiger partial charge in [0.25, 0.3) is 0 Å². The van der Waals surface area contributed by atoms with Gasteiger partial charge >= 0.3 is 12.1 Å². The van der Waals surface area contributed by atoms with Crippen LogP contribution in [0.15, 0.2) is 77.3 Å². The van der Waals surface area contributed by atoms with Gasteiger partial charge in [-0.15, -0.1) is 11.3 Å². The molecule has 1 atom stereocenters. The van der Waals surface area contributed by atoms with Gasteiger partial charge in [-0.2, -0.15) is 11.8 Å². The molecule has 0 saturated carbocycles. The van der Waals surface area contributed by atoms with Gasteiger partial charge in [0.1, 0.15) is 27.8 Å². The molecule has 0 saturated heterocycles. The number of nitrogens with zero attached hydrogens (tertiary/aromatic N) is 1. The molecule has 200 valence electrons. The highest BCUT2D eigenvalue weighted by molar-refractivity contribution is 7.98. The van der Waals surface area contributed by atoms with Gasteiger partial charge < -0.3 is 19.6 Å². The molecule has 5 aromatic rings. The predicted octanol–water partition coefficient (Wildman–Crippen LogP) is 7.59. The molecule has 5 rings (SSSR count). The maximum atomic E-state index is 12.0. The molecule has 0 aliphatic rings. The molecule has 0 spiro atoms. The minimum Gasteiger partial charge on any atom is -0.480 e. The summed E-state index contributed by atoms with van der Waals surface area (Å²) in [5, 5.41) is 15.0. The minimum absolute atomic E-state index is 0.224. The van der Waals surface area contributed by atoms with Crippen LogP contribution in [0.1, 0.15) is 26.3 Å². The van der Waals surface area contributed by atoms with Crippen molar-refractivity contribution < 1.29 is 23.8 Å². The third kappa shape index (κ3) is 6.26. The molecule has 1 amide bonds. The number of thioether (sulfide) groups is 1. The fourth-order valence-corrected chi connectivity index (χ4v) is 6.08. The van der Waals surface area contributed by atoms with Crippen molar-refractivity contribution in [1.82, 2.24) is 10.3 Å². The van der Waals surface area contributed by atoms with E-state index in [0.717, 1.165) is 48.5 Å². The molecule has 0 aliphatic heterocycles. The lowest BCUT2D eigenvalue weighted by Gasteiger charge is -2.21. The summed E-state index contributed by atoms with van der Waals surface area (Å²) >= 11 is 3.05. The fraction of sp³-hybridized carbons (Fsp3) is 0.233. The summed E-state index contributed by atoms with van der Waals surface area (Å²) in [6.45, 7) is 5.19. The zero-order valence-electron chi connectivity index (χ0n) is 21.8. The average Bonchev–Trinajstić information content (AvgIpc) is 3.52. The quantitative estimate of drug-likeness (QED) is 0.202. The van der Waals surface area contributed by atoms with Gasteiger partial charge in [-0.05, 0) is 44.0 Å². The first-order valence-corrected chi connectivity index (χ1v) is 14.4. The number of thiazole rings is 1. The van der Waals surface area contributed by atoms with E-state index in [0.29, 0.717) is 5.75 Å². The van der Waals surface area contributed by atoms with Gasteiger partial charge in [0.05, 0.1) is 10.4 Å². The fourth-order valence-electron chi connectivity index (χ4n) is 4.13. The highest BCUT2D eigenvalue weighted by Crippen LogP contribution is 2.39. The van der Waals surface area contributed by atoms with Crippen molar-refractivity contribution in [2.75, 3.05) is 5.75 Å². The third-order valence-electron chi connectivity index (χ3n) is 5.92. The number of para-hydroxylation sites is 2. The number of ether oxygens (including phenoxy) is 1. The summed E-state index contributed by atoms with van der Waals surface area (Å²) < 4.78 is 11.3. The molecule has 1 unspecified atom stereocenters. The third-order valence-corrected chi connectivity index (χ3v) is 8.11. The van der Waals surface area contributed by atoms with E-state index in [4.69, 9.17) is 14.1 Å². The van der Waals surface area contributed by atoms with Crippen LogP contribution in [0.4, 0.5) is 4.79 Å². The number of alkyl carbamates (subject to hydrolysis) is 1. The predicted molar refractivity (Wildman–Crippen MR) is 157 cm³/mol. The zero-order chi connectivity index (χ0) is 27.6. The Hall–Kier alpha value is -3.82. The summed E-state index contributed by atoms with van der Waals surface area (Å²) in [7, 11) is 0. The van der Waals surface area contributed by atoms with Gasteiger partial charge in [0.15, 0.2) is 0 Å². The largest absolute Gasteiger partial charge is 0.480 e. The number of furan rings is 1. The number of rotatable bonds is 8. The first-order chi connectivity index (χ1) is 18.7. The topological polar surface area (TPSA) is 102 Å².